The van der Waals surface area contributed by atoms with Crippen molar-refractivity contribution in [1.82, 2.24) is 9.62 Å². The zero-order valence-electron chi connectivity index (χ0n) is 25.5. The molecular formula is C32H50FN5O2S. The third-order valence-corrected chi connectivity index (χ3v) is 10.2. The van der Waals surface area contributed by atoms with E-state index in [4.69, 9.17) is 10.7 Å². The first kappa shape index (κ1) is 33.0. The molecule has 0 aliphatic carbocycles. The predicted octanol–water partition coefficient (Wildman–Crippen LogP) is 7.03. The Bertz CT molecular complexity index is 1120. The molecule has 9 heteroatoms. The van der Waals surface area contributed by atoms with Crippen LogP contribution in [-0.4, -0.2) is 59.8 Å². The lowest BCUT2D eigenvalue weighted by atomic mass is 9.89. The highest BCUT2D eigenvalue weighted by molar-refractivity contribution is 8.15. The van der Waals surface area contributed by atoms with Crippen molar-refractivity contribution in [3.05, 3.63) is 34.2 Å². The predicted molar refractivity (Wildman–Crippen MR) is 174 cm³/mol. The molecule has 41 heavy (non-hydrogen) atoms. The van der Waals surface area contributed by atoms with Crippen LogP contribution in [0.25, 0.3) is 6.08 Å². The van der Waals surface area contributed by atoms with Crippen molar-refractivity contribution >= 4 is 45.6 Å². The van der Waals surface area contributed by atoms with Crippen LogP contribution in [0.4, 0.5) is 14.9 Å². The molecule has 2 aliphatic heterocycles. The van der Waals surface area contributed by atoms with Crippen molar-refractivity contribution in [1.29, 1.82) is 0 Å². The smallest absolute Gasteiger partial charge is 0.318 e. The summed E-state index contributed by atoms with van der Waals surface area (Å²) in [6.45, 7) is 7.66. The molecule has 7 nitrogen and oxygen atoms in total. The van der Waals surface area contributed by atoms with Crippen molar-refractivity contribution in [2.45, 2.75) is 103 Å². The van der Waals surface area contributed by atoms with Crippen LogP contribution in [0.15, 0.2) is 22.5 Å². The number of amides is 3. The second-order valence-corrected chi connectivity index (χ2v) is 13.3. The van der Waals surface area contributed by atoms with Gasteiger partial charge in [-0.05, 0) is 92.1 Å². The Balaban J connectivity index is 1.48. The average Bonchev–Trinajstić information content (AvgIpc) is 3.25. The highest BCUT2D eigenvalue weighted by atomic mass is 32.2. The number of aliphatic imine (C=N–C) groups is 1. The van der Waals surface area contributed by atoms with Crippen molar-refractivity contribution < 1.29 is 14.0 Å². The SMILES string of the molecule is C/C=S(/C=C/c1c(C)cc(N(C)C(N)=O)cc1C)N1CCC2(CC1)N=C(CCCCCCCCCCCF)NC2=O. The molecule has 3 rings (SSSR count). The number of carbonyl (C=O) groups excluding carboxylic acids is 2. The molecular weight excluding hydrogens is 537 g/mol. The Hall–Kier alpha value is -2.52. The van der Waals surface area contributed by atoms with Gasteiger partial charge in [0.05, 0.1) is 6.67 Å². The lowest BCUT2D eigenvalue weighted by Crippen LogP contribution is -2.47. The Kier molecular flexibility index (Phi) is 13.0. The van der Waals surface area contributed by atoms with Crippen LogP contribution in [0.5, 0.6) is 0 Å². The second kappa shape index (κ2) is 16.2. The monoisotopic (exact) mass is 587 g/mol. The van der Waals surface area contributed by atoms with E-state index in [1.54, 1.807) is 7.05 Å². The van der Waals surface area contributed by atoms with Gasteiger partial charge in [-0.1, -0.05) is 55.6 Å². The Morgan fingerprint density at radius 2 is 1.63 bits per heavy atom. The van der Waals surface area contributed by atoms with Crippen molar-refractivity contribution in [2.24, 2.45) is 10.7 Å². The second-order valence-electron chi connectivity index (χ2n) is 11.4. The Morgan fingerprint density at radius 1 is 1.07 bits per heavy atom. The number of rotatable bonds is 15. The number of halogens is 1. The van der Waals surface area contributed by atoms with Crippen LogP contribution < -0.4 is 16.0 Å². The molecule has 0 aromatic heterocycles. The summed E-state index contributed by atoms with van der Waals surface area (Å²) >= 11 is 0. The summed E-state index contributed by atoms with van der Waals surface area (Å²) in [6, 6.07) is 3.50. The molecule has 3 amide bonds. The number of benzene rings is 1. The highest BCUT2D eigenvalue weighted by Gasteiger charge is 2.45. The largest absolute Gasteiger partial charge is 0.351 e. The maximum absolute atomic E-state index is 13.0. The Labute approximate surface area is 248 Å². The molecule has 1 unspecified atom stereocenters. The van der Waals surface area contributed by atoms with E-state index >= 15 is 0 Å². The van der Waals surface area contributed by atoms with E-state index < -0.39 is 11.6 Å². The molecule has 228 valence electrons. The highest BCUT2D eigenvalue weighted by Crippen LogP contribution is 2.36. The van der Waals surface area contributed by atoms with E-state index in [-0.39, 0.29) is 23.3 Å². The van der Waals surface area contributed by atoms with E-state index in [1.165, 1.54) is 30.6 Å². The van der Waals surface area contributed by atoms with Gasteiger partial charge in [0.1, 0.15) is 11.4 Å². The number of amidine groups is 1. The third kappa shape index (κ3) is 9.23. The quantitative estimate of drug-likeness (QED) is 0.171. The number of piperidine rings is 1. The van der Waals surface area contributed by atoms with E-state index in [1.807, 2.05) is 12.1 Å². The minimum Gasteiger partial charge on any atom is -0.351 e. The van der Waals surface area contributed by atoms with Crippen molar-refractivity contribution in [3.8, 4) is 0 Å². The molecule has 2 heterocycles. The molecule has 1 aromatic carbocycles. The van der Waals surface area contributed by atoms with Crippen LogP contribution in [0, 0.1) is 13.8 Å². The molecule has 3 N–H and O–H groups in total. The van der Waals surface area contributed by atoms with E-state index in [9.17, 15) is 14.0 Å². The van der Waals surface area contributed by atoms with Crippen molar-refractivity contribution in [2.75, 3.05) is 31.7 Å². The van der Waals surface area contributed by atoms with Crippen LogP contribution >= 0.6 is 10.7 Å². The average molecular weight is 588 g/mol. The van der Waals surface area contributed by atoms with Crippen LogP contribution in [0.3, 0.4) is 0 Å². The molecule has 0 saturated carbocycles. The van der Waals surface area contributed by atoms with Gasteiger partial charge in [0.2, 0.25) is 0 Å². The summed E-state index contributed by atoms with van der Waals surface area (Å²) in [5.74, 6) is 0.940. The van der Waals surface area contributed by atoms with Gasteiger partial charge in [0.15, 0.2) is 0 Å². The van der Waals surface area contributed by atoms with E-state index in [0.717, 1.165) is 86.2 Å². The minimum absolute atomic E-state index is 0.0728. The first-order chi connectivity index (χ1) is 19.7. The standard InChI is InChI=1S/C32H50FN5O2S/c1-5-41(22-16-28-25(2)23-27(24-26(28)3)37(4)31(34)40)38-20-17-32(18-21-38)30(39)35-29(36-32)15-13-11-9-7-6-8-10-12-14-19-33/h5,16,22-24H,6-15,17-21H2,1-4H3,(H2,34,40)(H,35,36,39)/b22-16+. The molecule has 1 spiro atoms. The molecule has 1 fully saturated rings. The minimum atomic E-state index is -0.604. The van der Waals surface area contributed by atoms with Crippen LogP contribution in [0.1, 0.15) is 101 Å². The topological polar surface area (TPSA) is 91.0 Å². The number of anilines is 1. The number of alkyl halides is 1. The maximum Gasteiger partial charge on any atom is 0.318 e. The first-order valence-electron chi connectivity index (χ1n) is 15.3. The van der Waals surface area contributed by atoms with Crippen molar-refractivity contribution in [3.63, 3.8) is 0 Å². The number of unbranched alkanes of at least 4 members (excludes halogenated alkanes) is 8. The fourth-order valence-electron chi connectivity index (χ4n) is 5.72. The zero-order valence-corrected chi connectivity index (χ0v) is 26.3. The zero-order chi connectivity index (χ0) is 29.8. The van der Waals surface area contributed by atoms with Gasteiger partial charge in [-0.15, -0.1) is 0 Å². The number of nitrogens with two attached hydrogens (primary N) is 1. The number of nitrogens with one attached hydrogen (secondary N) is 1. The number of hydrogen-bond acceptors (Lipinski definition) is 4. The Morgan fingerprint density at radius 3 is 2.17 bits per heavy atom. The summed E-state index contributed by atoms with van der Waals surface area (Å²) in [7, 11) is 1.52. The summed E-state index contributed by atoms with van der Waals surface area (Å²) in [5, 5.41) is 7.56. The summed E-state index contributed by atoms with van der Waals surface area (Å²) in [6.07, 6.45) is 14.5. The van der Waals surface area contributed by atoms with Crippen LogP contribution in [0.2, 0.25) is 0 Å². The molecule has 1 aromatic rings. The van der Waals surface area contributed by atoms with Crippen LogP contribution in [-0.2, 0) is 4.79 Å². The number of aryl methyl sites for hydroxylation is 2. The normalized spacial score (nSPS) is 17.8. The third-order valence-electron chi connectivity index (χ3n) is 8.34. The number of primary amides is 1. The lowest BCUT2D eigenvalue weighted by Gasteiger charge is -2.36. The molecule has 1 saturated heterocycles. The fourth-order valence-corrected chi connectivity index (χ4v) is 7.23. The van der Waals surface area contributed by atoms with Gasteiger partial charge in [-0.3, -0.25) is 23.4 Å². The molecule has 0 radical (unpaired) electrons. The number of hydrogen-bond donors (Lipinski definition) is 2. The van der Waals surface area contributed by atoms with Gasteiger partial charge in [-0.25, -0.2) is 4.79 Å². The number of urea groups is 1. The summed E-state index contributed by atoms with van der Waals surface area (Å²) < 4.78 is 14.6. The van der Waals surface area contributed by atoms with E-state index in [0.29, 0.717) is 6.42 Å². The van der Waals surface area contributed by atoms with Gasteiger partial charge < -0.3 is 11.1 Å². The lowest BCUT2D eigenvalue weighted by molar-refractivity contribution is -0.124. The maximum atomic E-state index is 13.0. The fraction of sp³-hybridized carbons (Fsp3) is 0.625. The molecule has 1 atom stereocenters. The first-order valence-corrected chi connectivity index (χ1v) is 16.6. The number of carbonyl (C=O) groups is 2. The van der Waals surface area contributed by atoms with Gasteiger partial charge in [0.25, 0.3) is 5.91 Å². The molecule has 2 aliphatic rings. The van der Waals surface area contributed by atoms with Gasteiger partial charge >= 0.3 is 6.03 Å². The summed E-state index contributed by atoms with van der Waals surface area (Å²) in [5.41, 5.74) is 8.97. The summed E-state index contributed by atoms with van der Waals surface area (Å²) in [4.78, 5) is 30.9. The molecule has 0 bridgehead atoms. The van der Waals surface area contributed by atoms with Gasteiger partial charge in [-0.2, -0.15) is 0 Å². The van der Waals surface area contributed by atoms with Gasteiger partial charge in [0, 0.05) is 32.2 Å². The van der Waals surface area contributed by atoms with E-state index in [2.05, 4.69) is 47.2 Å². The number of nitrogens with zero attached hydrogens (tertiary/aromatic N) is 3.